The summed E-state index contributed by atoms with van der Waals surface area (Å²) in [7, 11) is 5.51. The van der Waals surface area contributed by atoms with Crippen molar-refractivity contribution in [2.45, 2.75) is 25.8 Å². The highest BCUT2D eigenvalue weighted by atomic mass is 15.1. The third-order valence-electron chi connectivity index (χ3n) is 1.60. The summed E-state index contributed by atoms with van der Waals surface area (Å²) >= 11 is 0. The molecule has 1 atom stereocenters. The molecule has 0 aromatic heterocycles. The number of hydrogen-bond acceptors (Lipinski definition) is 1. The molecule has 1 rings (SSSR count). The third kappa shape index (κ3) is 0.942. The lowest BCUT2D eigenvalue weighted by atomic mass is 10.3. The molecule has 1 unspecified atom stereocenters. The molecule has 0 aliphatic carbocycles. The van der Waals surface area contributed by atoms with Gasteiger partial charge in [0.2, 0.25) is 0 Å². The summed E-state index contributed by atoms with van der Waals surface area (Å²) in [5.74, 6) is 0. The van der Waals surface area contributed by atoms with Crippen LogP contribution in [0.5, 0.6) is 0 Å². The SMILES string of the molecule is [CH]N1CCCC1C. The first-order valence-corrected chi connectivity index (χ1v) is 2.82. The minimum Gasteiger partial charge on any atom is -0.294 e. The van der Waals surface area contributed by atoms with Crippen LogP contribution in [-0.2, 0) is 0 Å². The highest BCUT2D eigenvalue weighted by Gasteiger charge is 2.14. The summed E-state index contributed by atoms with van der Waals surface area (Å²) in [6.45, 7) is 3.24. The van der Waals surface area contributed by atoms with Crippen LogP contribution in [0.2, 0.25) is 0 Å². The lowest BCUT2D eigenvalue weighted by molar-refractivity contribution is 0.366. The molecule has 1 aliphatic heterocycles. The number of likely N-dealkylation sites (tertiary alicyclic amines) is 1. The number of rotatable bonds is 0. The second-order valence-corrected chi connectivity index (χ2v) is 2.23. The van der Waals surface area contributed by atoms with Crippen LogP contribution in [0, 0.1) is 7.05 Å². The monoisotopic (exact) mass is 97.1 g/mol. The first kappa shape index (κ1) is 5.10. The van der Waals surface area contributed by atoms with Crippen LogP contribution < -0.4 is 0 Å². The fraction of sp³-hybridized carbons (Fsp3) is 0.833. The lowest BCUT2D eigenvalue weighted by Crippen LogP contribution is -2.18. The van der Waals surface area contributed by atoms with E-state index in [0.717, 1.165) is 6.54 Å². The molecule has 1 nitrogen and oxygen atoms in total. The van der Waals surface area contributed by atoms with Crippen molar-refractivity contribution in [3.8, 4) is 0 Å². The molecule has 1 heteroatoms. The van der Waals surface area contributed by atoms with Crippen molar-refractivity contribution in [3.63, 3.8) is 0 Å². The maximum absolute atomic E-state index is 5.51. The van der Waals surface area contributed by atoms with E-state index >= 15 is 0 Å². The molecular formula is C6H11N. The molecule has 0 saturated carbocycles. The van der Waals surface area contributed by atoms with Crippen LogP contribution in [0.25, 0.3) is 0 Å². The van der Waals surface area contributed by atoms with Crippen LogP contribution in [0.15, 0.2) is 0 Å². The molecular weight excluding hydrogens is 86.1 g/mol. The van der Waals surface area contributed by atoms with Gasteiger partial charge < -0.3 is 0 Å². The van der Waals surface area contributed by atoms with E-state index in [0.29, 0.717) is 6.04 Å². The smallest absolute Gasteiger partial charge is 0.0441 e. The highest BCUT2D eigenvalue weighted by Crippen LogP contribution is 2.13. The predicted molar refractivity (Wildman–Crippen MR) is 29.7 cm³/mol. The minimum atomic E-state index is 0.625. The Morgan fingerprint density at radius 2 is 2.43 bits per heavy atom. The van der Waals surface area contributed by atoms with Gasteiger partial charge in [-0.05, 0) is 26.3 Å². The van der Waals surface area contributed by atoms with E-state index in [9.17, 15) is 0 Å². The van der Waals surface area contributed by atoms with Crippen molar-refractivity contribution in [1.82, 2.24) is 4.90 Å². The second-order valence-electron chi connectivity index (χ2n) is 2.23. The van der Waals surface area contributed by atoms with Gasteiger partial charge in [0.05, 0.1) is 0 Å². The second kappa shape index (κ2) is 1.83. The molecule has 0 aromatic carbocycles. The van der Waals surface area contributed by atoms with Gasteiger partial charge in [0.25, 0.3) is 0 Å². The van der Waals surface area contributed by atoms with Crippen molar-refractivity contribution in [2.75, 3.05) is 6.54 Å². The molecule has 1 fully saturated rings. The molecule has 0 amide bonds. The van der Waals surface area contributed by atoms with Gasteiger partial charge in [-0.1, -0.05) is 0 Å². The highest BCUT2D eigenvalue weighted by molar-refractivity contribution is 4.73. The zero-order valence-electron chi connectivity index (χ0n) is 4.72. The third-order valence-corrected chi connectivity index (χ3v) is 1.60. The van der Waals surface area contributed by atoms with Crippen molar-refractivity contribution in [1.29, 1.82) is 0 Å². The molecule has 40 valence electrons. The Morgan fingerprint density at radius 1 is 1.71 bits per heavy atom. The lowest BCUT2D eigenvalue weighted by Gasteiger charge is -2.11. The molecule has 0 spiro atoms. The van der Waals surface area contributed by atoms with Gasteiger partial charge in [0, 0.05) is 13.1 Å². The standard InChI is InChI=1S/C6H11N/c1-6-4-3-5-7(6)2/h2,6H,3-5H2,1H3. The Balaban J connectivity index is 2.33. The van der Waals surface area contributed by atoms with Crippen LogP contribution in [0.1, 0.15) is 19.8 Å². The Hall–Kier alpha value is -0.0400. The Bertz CT molecular complexity index is 53.2. The Labute approximate surface area is 45.3 Å². The molecule has 0 aromatic rings. The van der Waals surface area contributed by atoms with E-state index in [1.165, 1.54) is 12.8 Å². The largest absolute Gasteiger partial charge is 0.294 e. The van der Waals surface area contributed by atoms with Crippen LogP contribution in [-0.4, -0.2) is 17.5 Å². The first-order chi connectivity index (χ1) is 3.30. The molecule has 1 aliphatic rings. The molecule has 0 bridgehead atoms. The van der Waals surface area contributed by atoms with Gasteiger partial charge in [-0.3, -0.25) is 4.90 Å². The fourth-order valence-electron chi connectivity index (χ4n) is 0.955. The van der Waals surface area contributed by atoms with Crippen molar-refractivity contribution >= 4 is 0 Å². The summed E-state index contributed by atoms with van der Waals surface area (Å²) < 4.78 is 0. The van der Waals surface area contributed by atoms with Gasteiger partial charge in [-0.25, -0.2) is 0 Å². The number of hydrogen-bond donors (Lipinski definition) is 0. The Kier molecular flexibility index (Phi) is 1.33. The normalized spacial score (nSPS) is 34.3. The van der Waals surface area contributed by atoms with Crippen molar-refractivity contribution in [3.05, 3.63) is 7.05 Å². The zero-order chi connectivity index (χ0) is 5.28. The summed E-state index contributed by atoms with van der Waals surface area (Å²) in [5, 5.41) is 0. The quantitative estimate of drug-likeness (QED) is 0.438. The van der Waals surface area contributed by atoms with Gasteiger partial charge in [0.15, 0.2) is 0 Å². The van der Waals surface area contributed by atoms with E-state index < -0.39 is 0 Å². The predicted octanol–water partition coefficient (Wildman–Crippen LogP) is 1.14. The fourth-order valence-corrected chi connectivity index (χ4v) is 0.955. The first-order valence-electron chi connectivity index (χ1n) is 2.82. The van der Waals surface area contributed by atoms with Gasteiger partial charge in [0.1, 0.15) is 0 Å². The van der Waals surface area contributed by atoms with E-state index in [-0.39, 0.29) is 0 Å². The molecule has 7 heavy (non-hydrogen) atoms. The summed E-state index contributed by atoms with van der Waals surface area (Å²) in [5.41, 5.74) is 0. The van der Waals surface area contributed by atoms with Crippen LogP contribution >= 0.6 is 0 Å². The average molecular weight is 97.2 g/mol. The minimum absolute atomic E-state index is 0.625. The average Bonchev–Trinajstić information content (AvgIpc) is 1.91. The summed E-state index contributed by atoms with van der Waals surface area (Å²) in [6.07, 6.45) is 2.55. The maximum atomic E-state index is 5.51. The zero-order valence-corrected chi connectivity index (χ0v) is 4.72. The maximum Gasteiger partial charge on any atom is 0.0441 e. The molecule has 1 saturated heterocycles. The number of nitrogens with zero attached hydrogens (tertiary/aromatic N) is 1. The summed E-state index contributed by atoms with van der Waals surface area (Å²) in [4.78, 5) is 1.90. The molecule has 1 heterocycles. The molecule has 0 N–H and O–H groups in total. The van der Waals surface area contributed by atoms with Crippen LogP contribution in [0.3, 0.4) is 0 Å². The van der Waals surface area contributed by atoms with E-state index in [1.54, 1.807) is 0 Å². The van der Waals surface area contributed by atoms with Gasteiger partial charge >= 0.3 is 0 Å². The summed E-state index contributed by atoms with van der Waals surface area (Å²) in [6, 6.07) is 0.625. The van der Waals surface area contributed by atoms with Crippen molar-refractivity contribution < 1.29 is 0 Å². The molecule has 2 radical (unpaired) electrons. The van der Waals surface area contributed by atoms with E-state index in [2.05, 4.69) is 6.92 Å². The van der Waals surface area contributed by atoms with E-state index in [1.807, 2.05) is 4.90 Å². The van der Waals surface area contributed by atoms with Crippen molar-refractivity contribution in [2.24, 2.45) is 0 Å². The van der Waals surface area contributed by atoms with Crippen LogP contribution in [0.4, 0.5) is 0 Å². The van der Waals surface area contributed by atoms with Gasteiger partial charge in [-0.15, -0.1) is 0 Å². The van der Waals surface area contributed by atoms with E-state index in [4.69, 9.17) is 7.05 Å². The topological polar surface area (TPSA) is 3.24 Å². The Morgan fingerprint density at radius 3 is 2.57 bits per heavy atom. The van der Waals surface area contributed by atoms with Gasteiger partial charge in [-0.2, -0.15) is 0 Å².